The summed E-state index contributed by atoms with van der Waals surface area (Å²) in [6.45, 7) is 4.27. The van der Waals surface area contributed by atoms with Crippen molar-refractivity contribution in [3.05, 3.63) is 71.8 Å². The number of rotatable bonds is 9. The van der Waals surface area contributed by atoms with Gasteiger partial charge in [0.25, 0.3) is 0 Å². The Labute approximate surface area is 222 Å². The number of hydrogen-bond donors (Lipinski definition) is 0. The molecule has 2 aromatic carbocycles. The number of ether oxygens (including phenoxy) is 2. The second kappa shape index (κ2) is 12.7. The van der Waals surface area contributed by atoms with Crippen molar-refractivity contribution < 1.29 is 18.8 Å². The van der Waals surface area contributed by atoms with Gasteiger partial charge in [-0.15, -0.1) is 0 Å². The van der Waals surface area contributed by atoms with Crippen molar-refractivity contribution in [2.45, 2.75) is 18.0 Å². The first-order valence-corrected chi connectivity index (χ1v) is 14.9. The predicted octanol–water partition coefficient (Wildman–Crippen LogP) is 1.98. The fourth-order valence-corrected chi connectivity index (χ4v) is 7.35. The van der Waals surface area contributed by atoms with Crippen LogP contribution in [0.4, 0.5) is 0 Å². The Morgan fingerprint density at radius 2 is 1.59 bits per heavy atom. The SMILES string of the molecule is BC1CN(C)CC(COCP(=O)(N(C)C)N2CCN(C(=O)C(c3ccccc3)c3ccccc3)CC2)O1. The maximum atomic E-state index is 14.1. The first-order chi connectivity index (χ1) is 17.8. The number of amides is 1. The van der Waals surface area contributed by atoms with Crippen LogP contribution < -0.4 is 0 Å². The molecule has 2 aromatic rings. The van der Waals surface area contributed by atoms with E-state index < -0.39 is 7.44 Å². The average Bonchev–Trinajstić information content (AvgIpc) is 2.89. The molecule has 200 valence electrons. The van der Waals surface area contributed by atoms with Crippen LogP contribution in [0.2, 0.25) is 0 Å². The summed E-state index contributed by atoms with van der Waals surface area (Å²) >= 11 is 0. The molecular formula is C27H40BN4O4P. The third-order valence-electron chi connectivity index (χ3n) is 7.22. The Morgan fingerprint density at radius 3 is 2.11 bits per heavy atom. The number of benzene rings is 2. The molecule has 0 aliphatic carbocycles. The Balaban J connectivity index is 1.38. The molecule has 0 bridgehead atoms. The molecule has 0 spiro atoms. The summed E-state index contributed by atoms with van der Waals surface area (Å²) < 4.78 is 29.8. The molecule has 1 amide bonds. The number of piperazine rings is 1. The van der Waals surface area contributed by atoms with E-state index in [1.54, 1.807) is 4.67 Å². The van der Waals surface area contributed by atoms with Gasteiger partial charge in [-0.3, -0.25) is 9.36 Å². The standard InChI is InChI=1S/C27H40BN4O4P/c1-29(2)37(34,21-35-20-24-18-30(3)19-25(28)36-24)32-16-14-31(15-17-32)27(33)26(22-10-6-4-7-11-22)23-12-8-5-9-13-23/h4-13,24-26H,14-21,28H2,1-3H3. The highest BCUT2D eigenvalue weighted by Crippen LogP contribution is 2.51. The minimum atomic E-state index is -2.92. The zero-order valence-corrected chi connectivity index (χ0v) is 23.4. The molecule has 4 rings (SSSR count). The van der Waals surface area contributed by atoms with Crippen LogP contribution in [0.3, 0.4) is 0 Å². The van der Waals surface area contributed by atoms with Crippen molar-refractivity contribution in [1.29, 1.82) is 0 Å². The minimum absolute atomic E-state index is 0.0215. The monoisotopic (exact) mass is 526 g/mol. The number of nitrogens with zero attached hydrogens (tertiary/aromatic N) is 4. The summed E-state index contributed by atoms with van der Waals surface area (Å²) in [4.78, 5) is 17.9. The van der Waals surface area contributed by atoms with Crippen LogP contribution >= 0.6 is 7.44 Å². The number of likely N-dealkylation sites (N-methyl/N-ethyl adjacent to an activating group) is 1. The molecule has 3 unspecified atom stereocenters. The topological polar surface area (TPSA) is 65.6 Å². The van der Waals surface area contributed by atoms with Crippen LogP contribution in [-0.2, 0) is 18.8 Å². The van der Waals surface area contributed by atoms with Crippen LogP contribution in [0, 0.1) is 0 Å². The maximum Gasteiger partial charge on any atom is 0.241 e. The Hall–Kier alpha value is -2.00. The Morgan fingerprint density at radius 1 is 1.03 bits per heavy atom. The molecule has 0 saturated carbocycles. The second-order valence-electron chi connectivity index (χ2n) is 10.3. The van der Waals surface area contributed by atoms with Crippen LogP contribution in [0.5, 0.6) is 0 Å². The van der Waals surface area contributed by atoms with Gasteiger partial charge in [0.1, 0.15) is 14.2 Å². The lowest BCUT2D eigenvalue weighted by molar-refractivity contribution is -0.133. The van der Waals surface area contributed by atoms with E-state index in [1.807, 2.05) is 84.3 Å². The van der Waals surface area contributed by atoms with E-state index in [2.05, 4.69) is 19.8 Å². The third-order valence-corrected chi connectivity index (χ3v) is 10.3. The minimum Gasteiger partial charge on any atom is -0.379 e. The first kappa shape index (κ1) is 28.0. The van der Waals surface area contributed by atoms with E-state index >= 15 is 0 Å². The highest BCUT2D eigenvalue weighted by atomic mass is 31.2. The zero-order chi connectivity index (χ0) is 26.4. The predicted molar refractivity (Wildman–Crippen MR) is 150 cm³/mol. The van der Waals surface area contributed by atoms with Crippen molar-refractivity contribution in [3.63, 3.8) is 0 Å². The quantitative estimate of drug-likeness (QED) is 0.366. The number of hydrogen-bond acceptors (Lipinski definition) is 5. The molecule has 0 radical (unpaired) electrons. The number of carbonyl (C=O) groups is 1. The first-order valence-electron chi connectivity index (χ1n) is 13.1. The average molecular weight is 526 g/mol. The number of morpholine rings is 1. The van der Waals surface area contributed by atoms with Crippen LogP contribution in [0.25, 0.3) is 0 Å². The highest BCUT2D eigenvalue weighted by Gasteiger charge is 2.38. The van der Waals surface area contributed by atoms with Crippen molar-refractivity contribution in [2.24, 2.45) is 0 Å². The summed E-state index contributed by atoms with van der Waals surface area (Å²) in [7, 11) is 4.91. The molecule has 2 aliphatic heterocycles. The highest BCUT2D eigenvalue weighted by molar-refractivity contribution is 7.58. The molecule has 3 atom stereocenters. The largest absolute Gasteiger partial charge is 0.379 e. The molecule has 2 heterocycles. The van der Waals surface area contributed by atoms with Crippen molar-refractivity contribution >= 4 is 21.2 Å². The van der Waals surface area contributed by atoms with Crippen molar-refractivity contribution in [2.75, 3.05) is 73.4 Å². The summed E-state index contributed by atoms with van der Waals surface area (Å²) in [5.41, 5.74) is 1.97. The molecule has 10 heteroatoms. The lowest BCUT2D eigenvalue weighted by atomic mass is 9.90. The van der Waals surface area contributed by atoms with Crippen molar-refractivity contribution in [3.8, 4) is 0 Å². The molecule has 2 fully saturated rings. The van der Waals surface area contributed by atoms with E-state index in [0.29, 0.717) is 32.8 Å². The summed E-state index contributed by atoms with van der Waals surface area (Å²) in [6, 6.07) is 20.0. The van der Waals surface area contributed by atoms with E-state index in [9.17, 15) is 9.36 Å². The Bertz CT molecular complexity index is 1000. The summed E-state index contributed by atoms with van der Waals surface area (Å²) in [5, 5.41) is 0. The van der Waals surface area contributed by atoms with Gasteiger partial charge in [0.2, 0.25) is 13.4 Å². The van der Waals surface area contributed by atoms with Gasteiger partial charge in [-0.05, 0) is 32.3 Å². The lowest BCUT2D eigenvalue weighted by Gasteiger charge is -2.42. The van der Waals surface area contributed by atoms with Crippen LogP contribution in [-0.4, -0.2) is 118 Å². The van der Waals surface area contributed by atoms with E-state index in [1.165, 1.54) is 0 Å². The fourth-order valence-electron chi connectivity index (χ4n) is 5.30. The van der Waals surface area contributed by atoms with Crippen molar-refractivity contribution in [1.82, 2.24) is 19.1 Å². The van der Waals surface area contributed by atoms with Gasteiger partial charge < -0.3 is 19.3 Å². The van der Waals surface area contributed by atoms with E-state index in [4.69, 9.17) is 9.47 Å². The van der Waals surface area contributed by atoms with Crippen LogP contribution in [0.15, 0.2) is 60.7 Å². The van der Waals surface area contributed by atoms with E-state index in [0.717, 1.165) is 24.2 Å². The normalized spacial score (nSPS) is 23.3. The molecule has 2 aliphatic rings. The molecule has 0 aromatic heterocycles. The van der Waals surface area contributed by atoms with E-state index in [-0.39, 0.29) is 30.3 Å². The molecular weight excluding hydrogens is 486 g/mol. The maximum absolute atomic E-state index is 14.1. The molecule has 37 heavy (non-hydrogen) atoms. The second-order valence-corrected chi connectivity index (χ2v) is 13.3. The van der Waals surface area contributed by atoms with Gasteiger partial charge >= 0.3 is 0 Å². The molecule has 0 N–H and O–H groups in total. The van der Waals surface area contributed by atoms with Gasteiger partial charge in [0.15, 0.2) is 0 Å². The van der Waals surface area contributed by atoms with Gasteiger partial charge in [-0.25, -0.2) is 9.34 Å². The van der Waals surface area contributed by atoms with Gasteiger partial charge in [-0.1, -0.05) is 60.7 Å². The zero-order valence-electron chi connectivity index (χ0n) is 22.5. The lowest BCUT2D eigenvalue weighted by Crippen LogP contribution is -2.50. The number of carbonyl (C=O) groups excluding carboxylic acids is 1. The summed E-state index contributed by atoms with van der Waals surface area (Å²) in [5.74, 6) is -0.269. The molecule has 8 nitrogen and oxygen atoms in total. The Kier molecular flexibility index (Phi) is 9.62. The molecule has 2 saturated heterocycles. The smallest absolute Gasteiger partial charge is 0.241 e. The van der Waals surface area contributed by atoms with Crippen LogP contribution in [0.1, 0.15) is 17.0 Å². The van der Waals surface area contributed by atoms with Gasteiger partial charge in [0.05, 0.1) is 18.6 Å². The third kappa shape index (κ3) is 6.91. The summed E-state index contributed by atoms with van der Waals surface area (Å²) in [6.07, 6.45) is 0.120. The fraction of sp³-hybridized carbons (Fsp3) is 0.519. The van der Waals surface area contributed by atoms with Gasteiger partial charge in [0, 0.05) is 45.3 Å². The van der Waals surface area contributed by atoms with Gasteiger partial charge in [-0.2, -0.15) is 0 Å².